The summed E-state index contributed by atoms with van der Waals surface area (Å²) in [5.74, 6) is 9.36. The summed E-state index contributed by atoms with van der Waals surface area (Å²) in [6.07, 6.45) is -2.67. The van der Waals surface area contributed by atoms with Gasteiger partial charge in [-0.1, -0.05) is 0 Å². The summed E-state index contributed by atoms with van der Waals surface area (Å²) in [6.45, 7) is 0.116. The van der Waals surface area contributed by atoms with Gasteiger partial charge >= 0.3 is 6.18 Å². The van der Waals surface area contributed by atoms with E-state index in [-0.39, 0.29) is 18.3 Å². The second kappa shape index (κ2) is 5.78. The Bertz CT molecular complexity index is 542. The van der Waals surface area contributed by atoms with E-state index >= 15 is 0 Å². The topological polar surface area (TPSA) is 103 Å². The van der Waals surface area contributed by atoms with Crippen LogP contribution in [0.25, 0.3) is 0 Å². The fourth-order valence-electron chi connectivity index (χ4n) is 1.75. The van der Waals surface area contributed by atoms with Crippen LogP contribution in [0.5, 0.6) is 5.75 Å². The van der Waals surface area contributed by atoms with Gasteiger partial charge in [-0.05, 0) is 31.0 Å². The van der Waals surface area contributed by atoms with E-state index in [2.05, 4.69) is 5.10 Å². The summed E-state index contributed by atoms with van der Waals surface area (Å²) in [4.78, 5) is 0. The van der Waals surface area contributed by atoms with Crippen LogP contribution >= 0.6 is 0 Å². The lowest BCUT2D eigenvalue weighted by molar-refractivity contribution is -0.0604. The summed E-state index contributed by atoms with van der Waals surface area (Å²) in [5.41, 5.74) is 6.23. The molecule has 1 fully saturated rings. The minimum absolute atomic E-state index is 0.0696. The van der Waals surface area contributed by atoms with Crippen LogP contribution < -0.4 is 27.2 Å². The van der Waals surface area contributed by atoms with Gasteiger partial charge in [-0.15, -0.1) is 0 Å². The first kappa shape index (κ1) is 15.4. The van der Waals surface area contributed by atoms with E-state index in [0.717, 1.165) is 12.8 Å². The van der Waals surface area contributed by atoms with Crippen LogP contribution in [-0.4, -0.2) is 18.1 Å². The van der Waals surface area contributed by atoms with Gasteiger partial charge in [0.15, 0.2) is 0 Å². The Hall–Kier alpha value is -2.00. The number of rotatable bonds is 4. The molecule has 0 aliphatic heterocycles. The van der Waals surface area contributed by atoms with Crippen LogP contribution in [-0.2, 0) is 6.54 Å². The summed E-state index contributed by atoms with van der Waals surface area (Å²) in [7, 11) is 0. The van der Waals surface area contributed by atoms with Gasteiger partial charge in [0.1, 0.15) is 5.75 Å². The highest BCUT2D eigenvalue weighted by Gasteiger charge is 2.40. The molecule has 6 nitrogen and oxygen atoms in total. The molecule has 2 rings (SSSR count). The van der Waals surface area contributed by atoms with Crippen molar-refractivity contribution in [3.8, 4) is 5.75 Å². The number of halogens is 3. The number of alkyl halides is 3. The Morgan fingerprint density at radius 2 is 2.05 bits per heavy atom. The van der Waals surface area contributed by atoms with E-state index in [1.807, 2.05) is 0 Å². The van der Waals surface area contributed by atoms with Crippen molar-refractivity contribution < 1.29 is 17.9 Å². The van der Waals surface area contributed by atoms with Crippen molar-refractivity contribution in [1.82, 2.24) is 0 Å². The molecule has 0 saturated heterocycles. The van der Waals surface area contributed by atoms with Crippen molar-refractivity contribution >= 4 is 11.5 Å². The number of hydrogen-bond donors (Lipinski definition) is 3. The molecular formula is C12H16F3N5O. The van der Waals surface area contributed by atoms with Crippen LogP contribution in [0.3, 0.4) is 0 Å². The molecule has 1 aromatic rings. The third-order valence-corrected chi connectivity index (χ3v) is 2.96. The second-order valence-electron chi connectivity index (χ2n) is 4.63. The monoisotopic (exact) mass is 303 g/mol. The normalized spacial score (nSPS) is 16.0. The zero-order chi connectivity index (χ0) is 15.6. The number of hydrogen-bond acceptors (Lipinski definition) is 5. The molecule has 0 heterocycles. The van der Waals surface area contributed by atoms with Crippen LogP contribution in [0.2, 0.25) is 0 Å². The highest BCUT2D eigenvalue weighted by atomic mass is 19.4. The Morgan fingerprint density at radius 1 is 1.38 bits per heavy atom. The number of benzene rings is 1. The number of nitrogens with two attached hydrogens (primary N) is 3. The molecule has 1 aliphatic rings. The smallest absolute Gasteiger partial charge is 0.452 e. The average Bonchev–Trinajstić information content (AvgIpc) is 3.22. The Balaban J connectivity index is 2.27. The summed E-state index contributed by atoms with van der Waals surface area (Å²) >= 11 is 0. The van der Waals surface area contributed by atoms with Gasteiger partial charge in [-0.3, -0.25) is 5.01 Å². The van der Waals surface area contributed by atoms with Crippen molar-refractivity contribution in [1.29, 1.82) is 0 Å². The first-order chi connectivity index (χ1) is 9.86. The number of nitrogens with zero attached hydrogens (tertiary/aromatic N) is 2. The SMILES string of the molecule is NCc1cc(N(N)/C(=N\N)C(F)(F)F)ccc1OC1CC1. The maximum Gasteiger partial charge on any atom is 0.452 e. The van der Waals surface area contributed by atoms with Gasteiger partial charge in [0.2, 0.25) is 5.84 Å². The molecule has 0 unspecified atom stereocenters. The molecule has 0 radical (unpaired) electrons. The first-order valence-corrected chi connectivity index (χ1v) is 6.26. The average molecular weight is 303 g/mol. The van der Waals surface area contributed by atoms with E-state index in [9.17, 15) is 13.2 Å². The van der Waals surface area contributed by atoms with Gasteiger partial charge in [-0.25, -0.2) is 5.84 Å². The summed E-state index contributed by atoms with van der Waals surface area (Å²) < 4.78 is 43.8. The van der Waals surface area contributed by atoms with Gasteiger partial charge < -0.3 is 16.3 Å². The lowest BCUT2D eigenvalue weighted by Gasteiger charge is -2.22. The lowest BCUT2D eigenvalue weighted by atomic mass is 10.1. The Kier molecular flexibility index (Phi) is 4.24. The van der Waals surface area contributed by atoms with E-state index in [4.69, 9.17) is 22.2 Å². The minimum atomic E-state index is -4.75. The molecule has 1 aromatic carbocycles. The Morgan fingerprint density at radius 3 is 2.52 bits per heavy atom. The molecule has 0 spiro atoms. The predicted octanol–water partition coefficient (Wildman–Crippen LogP) is 1.20. The maximum absolute atomic E-state index is 12.7. The number of ether oxygens (including phenoxy) is 1. The zero-order valence-corrected chi connectivity index (χ0v) is 11.1. The van der Waals surface area contributed by atoms with E-state index in [1.165, 1.54) is 12.1 Å². The van der Waals surface area contributed by atoms with Crippen LogP contribution in [0, 0.1) is 0 Å². The predicted molar refractivity (Wildman–Crippen MR) is 72.3 cm³/mol. The van der Waals surface area contributed by atoms with Crippen LogP contribution in [0.15, 0.2) is 23.3 Å². The third-order valence-electron chi connectivity index (χ3n) is 2.96. The molecule has 9 heteroatoms. The second-order valence-corrected chi connectivity index (χ2v) is 4.63. The number of hydrazine groups is 1. The number of amidine groups is 1. The quantitative estimate of drug-likeness (QED) is 0.336. The molecule has 0 atom stereocenters. The molecule has 116 valence electrons. The fraction of sp³-hybridized carbons (Fsp3) is 0.417. The molecule has 1 aliphatic carbocycles. The van der Waals surface area contributed by atoms with Crippen LogP contribution in [0.4, 0.5) is 18.9 Å². The molecule has 0 bridgehead atoms. The van der Waals surface area contributed by atoms with Gasteiger partial charge in [0.25, 0.3) is 0 Å². The minimum Gasteiger partial charge on any atom is -0.490 e. The molecule has 0 amide bonds. The van der Waals surface area contributed by atoms with Gasteiger partial charge in [0.05, 0.1) is 11.8 Å². The summed E-state index contributed by atoms with van der Waals surface area (Å²) in [5, 5.41) is 3.08. The number of hydrazone groups is 1. The molecule has 0 aromatic heterocycles. The molecule has 1 saturated carbocycles. The molecule has 6 N–H and O–H groups in total. The first-order valence-electron chi connectivity index (χ1n) is 6.26. The van der Waals surface area contributed by atoms with E-state index < -0.39 is 12.0 Å². The largest absolute Gasteiger partial charge is 0.490 e. The van der Waals surface area contributed by atoms with Crippen molar-refractivity contribution in [2.75, 3.05) is 5.01 Å². The lowest BCUT2D eigenvalue weighted by Crippen LogP contribution is -2.46. The maximum atomic E-state index is 12.7. The van der Waals surface area contributed by atoms with Gasteiger partial charge in [-0.2, -0.15) is 18.3 Å². The van der Waals surface area contributed by atoms with Crippen LogP contribution in [0.1, 0.15) is 18.4 Å². The third kappa shape index (κ3) is 3.56. The molecular weight excluding hydrogens is 287 g/mol. The zero-order valence-electron chi connectivity index (χ0n) is 11.1. The van der Waals surface area contributed by atoms with Crippen molar-refractivity contribution in [3.05, 3.63) is 23.8 Å². The Labute approximate surface area is 119 Å². The van der Waals surface area contributed by atoms with E-state index in [1.54, 1.807) is 6.07 Å². The van der Waals surface area contributed by atoms with Crippen molar-refractivity contribution in [2.24, 2.45) is 22.5 Å². The van der Waals surface area contributed by atoms with Crippen molar-refractivity contribution in [3.63, 3.8) is 0 Å². The van der Waals surface area contributed by atoms with Gasteiger partial charge in [0, 0.05) is 12.1 Å². The highest BCUT2D eigenvalue weighted by Crippen LogP contribution is 2.32. The summed E-state index contributed by atoms with van der Waals surface area (Å²) in [6, 6.07) is 4.36. The number of anilines is 1. The fourth-order valence-corrected chi connectivity index (χ4v) is 1.75. The van der Waals surface area contributed by atoms with E-state index in [0.29, 0.717) is 16.3 Å². The van der Waals surface area contributed by atoms with Crippen molar-refractivity contribution in [2.45, 2.75) is 31.7 Å². The molecule has 21 heavy (non-hydrogen) atoms. The highest BCUT2D eigenvalue weighted by molar-refractivity contribution is 6.00. The standard InChI is InChI=1S/C12H16F3N5O/c13-12(14,15)11(19-17)20(18)8-1-4-10(7(5-8)6-16)21-9-2-3-9/h1,4-5,9H,2-3,6,16-18H2/b19-11-.